The van der Waals surface area contributed by atoms with Gasteiger partial charge in [-0.15, -0.1) is 0 Å². The van der Waals surface area contributed by atoms with E-state index in [0.29, 0.717) is 25.0 Å². The number of piperidine rings is 1. The van der Waals surface area contributed by atoms with Crippen LogP contribution in [0.3, 0.4) is 0 Å². The summed E-state index contributed by atoms with van der Waals surface area (Å²) < 4.78 is 39.0. The fraction of sp³-hybridized carbons (Fsp3) is 0.750. The van der Waals surface area contributed by atoms with Crippen LogP contribution in [0.15, 0.2) is 0 Å². The summed E-state index contributed by atoms with van der Waals surface area (Å²) in [7, 11) is 1.80. The highest BCUT2D eigenvalue weighted by molar-refractivity contribution is 5.94. The Kier molecular flexibility index (Phi) is 4.85. The second-order valence-electron chi connectivity index (χ2n) is 6.69. The van der Waals surface area contributed by atoms with E-state index in [1.165, 1.54) is 0 Å². The van der Waals surface area contributed by atoms with E-state index in [9.17, 15) is 18.0 Å². The molecule has 1 fully saturated rings. The minimum absolute atomic E-state index is 0.0805. The Morgan fingerprint density at radius 3 is 2.67 bits per heavy atom. The lowest BCUT2D eigenvalue weighted by molar-refractivity contribution is -0.126. The SMILES string of the molecule is Cn1nc(C(=O)N2CCCCC2)c2c1CC[C@@H](NCC(F)(F)F)C2. The van der Waals surface area contributed by atoms with Crippen molar-refractivity contribution in [2.75, 3.05) is 19.6 Å². The number of halogens is 3. The first-order valence-corrected chi connectivity index (χ1v) is 8.49. The number of nitrogens with one attached hydrogen (secondary N) is 1. The number of nitrogens with zero attached hydrogens (tertiary/aromatic N) is 3. The van der Waals surface area contributed by atoms with Gasteiger partial charge < -0.3 is 10.2 Å². The fourth-order valence-electron chi connectivity index (χ4n) is 3.64. The average molecular weight is 344 g/mol. The molecule has 0 unspecified atom stereocenters. The Hall–Kier alpha value is -1.57. The van der Waals surface area contributed by atoms with E-state index < -0.39 is 12.7 Å². The Morgan fingerprint density at radius 1 is 1.29 bits per heavy atom. The van der Waals surface area contributed by atoms with E-state index in [4.69, 9.17) is 0 Å². The maximum atomic E-state index is 12.8. The zero-order valence-electron chi connectivity index (χ0n) is 13.8. The van der Waals surface area contributed by atoms with E-state index in [1.807, 2.05) is 4.90 Å². The summed E-state index contributed by atoms with van der Waals surface area (Å²) >= 11 is 0. The van der Waals surface area contributed by atoms with Crippen LogP contribution in [0.1, 0.15) is 47.4 Å². The molecule has 1 aromatic heterocycles. The zero-order valence-corrected chi connectivity index (χ0v) is 13.8. The Labute approximate surface area is 139 Å². The quantitative estimate of drug-likeness (QED) is 0.913. The molecule has 0 aromatic carbocycles. The molecule has 1 atom stereocenters. The highest BCUT2D eigenvalue weighted by Gasteiger charge is 2.33. The van der Waals surface area contributed by atoms with Crippen LogP contribution in [0.2, 0.25) is 0 Å². The molecule has 0 radical (unpaired) electrons. The minimum atomic E-state index is -4.22. The molecule has 1 amide bonds. The van der Waals surface area contributed by atoms with Gasteiger partial charge >= 0.3 is 6.18 Å². The third-order valence-corrected chi connectivity index (χ3v) is 4.89. The molecule has 0 spiro atoms. The number of rotatable bonds is 3. The van der Waals surface area contributed by atoms with Crippen molar-refractivity contribution in [3.05, 3.63) is 17.0 Å². The normalized spacial score (nSPS) is 21.7. The number of hydrogen-bond donors (Lipinski definition) is 1. The molecule has 134 valence electrons. The molecule has 1 aromatic rings. The highest BCUT2D eigenvalue weighted by Crippen LogP contribution is 2.26. The first-order valence-electron chi connectivity index (χ1n) is 8.49. The minimum Gasteiger partial charge on any atom is -0.337 e. The van der Waals surface area contributed by atoms with Gasteiger partial charge in [-0.25, -0.2) is 0 Å². The monoisotopic (exact) mass is 344 g/mol. The van der Waals surface area contributed by atoms with Crippen LogP contribution < -0.4 is 5.32 Å². The van der Waals surface area contributed by atoms with Crippen LogP contribution in [0.5, 0.6) is 0 Å². The second-order valence-corrected chi connectivity index (χ2v) is 6.69. The average Bonchev–Trinajstić information content (AvgIpc) is 2.89. The standard InChI is InChI=1S/C16H23F3N4O/c1-22-13-6-5-11(20-10-16(17,18)19)9-12(13)14(21-22)15(24)23-7-3-2-4-8-23/h11,20H,2-10H2,1H3/t11-/m1/s1. The summed E-state index contributed by atoms with van der Waals surface area (Å²) in [5.41, 5.74) is 2.22. The first-order chi connectivity index (χ1) is 11.3. The molecule has 0 saturated carbocycles. The lowest BCUT2D eigenvalue weighted by Crippen LogP contribution is -2.41. The molecule has 1 aliphatic heterocycles. The second kappa shape index (κ2) is 6.74. The number of aromatic nitrogens is 2. The van der Waals surface area contributed by atoms with Gasteiger partial charge in [0.05, 0.1) is 6.54 Å². The number of alkyl halides is 3. The molecule has 1 saturated heterocycles. The van der Waals surface area contributed by atoms with Gasteiger partial charge in [0.25, 0.3) is 5.91 Å². The van der Waals surface area contributed by atoms with Gasteiger partial charge in [-0.05, 0) is 38.5 Å². The van der Waals surface area contributed by atoms with Crippen molar-refractivity contribution in [2.24, 2.45) is 7.05 Å². The van der Waals surface area contributed by atoms with Gasteiger partial charge in [0.15, 0.2) is 5.69 Å². The molecular weight excluding hydrogens is 321 g/mol. The Bertz CT molecular complexity index is 605. The van der Waals surface area contributed by atoms with Crippen LogP contribution in [-0.4, -0.2) is 52.4 Å². The van der Waals surface area contributed by atoms with Crippen LogP contribution >= 0.6 is 0 Å². The largest absolute Gasteiger partial charge is 0.401 e. The number of aryl methyl sites for hydroxylation is 1. The van der Waals surface area contributed by atoms with Gasteiger partial charge in [0.2, 0.25) is 0 Å². The molecule has 2 aliphatic rings. The maximum absolute atomic E-state index is 12.8. The summed E-state index contributed by atoms with van der Waals surface area (Å²) in [6.07, 6.45) is 0.595. The lowest BCUT2D eigenvalue weighted by atomic mass is 9.91. The summed E-state index contributed by atoms with van der Waals surface area (Å²) in [5.74, 6) is -0.0805. The predicted molar refractivity (Wildman–Crippen MR) is 82.8 cm³/mol. The van der Waals surface area contributed by atoms with E-state index in [2.05, 4.69) is 10.4 Å². The van der Waals surface area contributed by atoms with Crippen molar-refractivity contribution in [3.63, 3.8) is 0 Å². The van der Waals surface area contributed by atoms with E-state index in [-0.39, 0.29) is 11.9 Å². The third-order valence-electron chi connectivity index (χ3n) is 4.89. The fourth-order valence-corrected chi connectivity index (χ4v) is 3.64. The molecule has 5 nitrogen and oxygen atoms in total. The van der Waals surface area contributed by atoms with Crippen molar-refractivity contribution < 1.29 is 18.0 Å². The highest BCUT2D eigenvalue weighted by atomic mass is 19.4. The lowest BCUT2D eigenvalue weighted by Gasteiger charge is -2.28. The summed E-state index contributed by atoms with van der Waals surface area (Å²) in [4.78, 5) is 14.6. The number of hydrogen-bond acceptors (Lipinski definition) is 3. The molecule has 24 heavy (non-hydrogen) atoms. The Balaban J connectivity index is 1.75. The molecule has 2 heterocycles. The van der Waals surface area contributed by atoms with Crippen LogP contribution in [0, 0.1) is 0 Å². The van der Waals surface area contributed by atoms with Crippen molar-refractivity contribution in [2.45, 2.75) is 50.7 Å². The molecule has 3 rings (SSSR count). The topological polar surface area (TPSA) is 50.2 Å². The summed E-state index contributed by atoms with van der Waals surface area (Å²) in [6, 6.07) is -0.267. The maximum Gasteiger partial charge on any atom is 0.401 e. The first kappa shape index (κ1) is 17.3. The third kappa shape index (κ3) is 3.74. The number of fused-ring (bicyclic) bond motifs is 1. The van der Waals surface area contributed by atoms with Crippen molar-refractivity contribution >= 4 is 5.91 Å². The van der Waals surface area contributed by atoms with Crippen molar-refractivity contribution in [1.82, 2.24) is 20.0 Å². The van der Waals surface area contributed by atoms with Crippen LogP contribution in [-0.2, 0) is 19.9 Å². The molecule has 0 bridgehead atoms. The predicted octanol–water partition coefficient (Wildman–Crippen LogP) is 2.06. The van der Waals surface area contributed by atoms with Crippen LogP contribution in [0.4, 0.5) is 13.2 Å². The molecular formula is C16H23F3N4O. The van der Waals surface area contributed by atoms with Crippen LogP contribution in [0.25, 0.3) is 0 Å². The number of likely N-dealkylation sites (tertiary alicyclic amines) is 1. The smallest absolute Gasteiger partial charge is 0.337 e. The van der Waals surface area contributed by atoms with Gasteiger partial charge in [0, 0.05) is 37.4 Å². The molecule has 1 N–H and O–H groups in total. The van der Waals surface area contributed by atoms with Gasteiger partial charge in [-0.2, -0.15) is 18.3 Å². The van der Waals surface area contributed by atoms with Gasteiger partial charge in [-0.1, -0.05) is 0 Å². The summed E-state index contributed by atoms with van der Waals surface area (Å²) in [5, 5.41) is 6.96. The molecule has 8 heteroatoms. The zero-order chi connectivity index (χ0) is 17.3. The molecule has 1 aliphatic carbocycles. The van der Waals surface area contributed by atoms with E-state index in [0.717, 1.165) is 43.6 Å². The van der Waals surface area contributed by atoms with E-state index in [1.54, 1.807) is 11.7 Å². The number of amides is 1. The Morgan fingerprint density at radius 2 is 2.00 bits per heavy atom. The van der Waals surface area contributed by atoms with Gasteiger partial charge in [-0.3, -0.25) is 9.48 Å². The van der Waals surface area contributed by atoms with E-state index >= 15 is 0 Å². The van der Waals surface area contributed by atoms with Crippen molar-refractivity contribution in [3.8, 4) is 0 Å². The van der Waals surface area contributed by atoms with Gasteiger partial charge in [0.1, 0.15) is 0 Å². The van der Waals surface area contributed by atoms with Crippen molar-refractivity contribution in [1.29, 1.82) is 0 Å². The number of carbonyl (C=O) groups excluding carboxylic acids is 1. The number of carbonyl (C=O) groups is 1. The summed E-state index contributed by atoms with van der Waals surface area (Å²) in [6.45, 7) is 0.475.